The van der Waals surface area contributed by atoms with Gasteiger partial charge in [-0.05, 0) is 38.5 Å². The maximum absolute atomic E-state index is 13.3. The average Bonchev–Trinajstić information content (AvgIpc) is 2.37. The van der Waals surface area contributed by atoms with Crippen molar-refractivity contribution in [1.82, 2.24) is 5.32 Å². The number of methoxy groups -OCH3 is 1. The number of aliphatic carboxylic acids is 1. The fourth-order valence-electron chi connectivity index (χ4n) is 1.72. The first-order valence-electron chi connectivity index (χ1n) is 6.67. The molecule has 0 spiro atoms. The van der Waals surface area contributed by atoms with Gasteiger partial charge in [0.05, 0.1) is 7.11 Å². The lowest BCUT2D eigenvalue weighted by atomic mass is 10.1. The minimum atomic E-state index is -1.21. The summed E-state index contributed by atoms with van der Waals surface area (Å²) >= 11 is 0. The lowest BCUT2D eigenvalue weighted by molar-refractivity contribution is -0.139. The second-order valence-electron chi connectivity index (χ2n) is 5.71. The summed E-state index contributed by atoms with van der Waals surface area (Å²) in [4.78, 5) is 22.9. The van der Waals surface area contributed by atoms with Crippen molar-refractivity contribution >= 4 is 12.1 Å². The second-order valence-corrected chi connectivity index (χ2v) is 5.71. The number of hydrogen-bond acceptors (Lipinski definition) is 4. The van der Waals surface area contributed by atoms with Crippen LogP contribution in [-0.4, -0.2) is 35.9 Å². The van der Waals surface area contributed by atoms with Crippen LogP contribution in [0.4, 0.5) is 9.18 Å². The van der Waals surface area contributed by atoms with Gasteiger partial charge < -0.3 is 19.9 Å². The Hall–Kier alpha value is -2.31. The highest BCUT2D eigenvalue weighted by Gasteiger charge is 2.24. The Morgan fingerprint density at radius 2 is 2.00 bits per heavy atom. The van der Waals surface area contributed by atoms with E-state index in [4.69, 9.17) is 9.47 Å². The van der Waals surface area contributed by atoms with Crippen LogP contribution in [0.15, 0.2) is 18.2 Å². The Morgan fingerprint density at radius 1 is 1.36 bits per heavy atom. The van der Waals surface area contributed by atoms with Gasteiger partial charge in [0, 0.05) is 6.42 Å². The number of carboxylic acid groups (broad SMARTS) is 1. The highest BCUT2D eigenvalue weighted by Crippen LogP contribution is 2.19. The standard InChI is InChI=1S/C15H20FNO5/c1-15(2,3)22-14(20)17-11(13(18)19)7-9-5-6-10(16)12(8-9)21-4/h5-6,8,11H,7H2,1-4H3,(H,17,20)(H,18,19)/t11-/m1/s1. The van der Waals surface area contributed by atoms with Crippen LogP contribution in [0.1, 0.15) is 26.3 Å². The monoisotopic (exact) mass is 313 g/mol. The zero-order chi connectivity index (χ0) is 16.9. The number of benzene rings is 1. The molecule has 0 aliphatic rings. The largest absolute Gasteiger partial charge is 0.494 e. The van der Waals surface area contributed by atoms with Gasteiger partial charge in [-0.15, -0.1) is 0 Å². The zero-order valence-corrected chi connectivity index (χ0v) is 13.0. The zero-order valence-electron chi connectivity index (χ0n) is 13.0. The van der Waals surface area contributed by atoms with Crippen molar-refractivity contribution in [1.29, 1.82) is 0 Å². The van der Waals surface area contributed by atoms with Crippen LogP contribution in [0.2, 0.25) is 0 Å². The number of halogens is 1. The van der Waals surface area contributed by atoms with Crippen molar-refractivity contribution in [2.45, 2.75) is 38.8 Å². The van der Waals surface area contributed by atoms with E-state index in [0.717, 1.165) is 0 Å². The SMILES string of the molecule is COc1cc(C[C@@H](NC(=O)OC(C)(C)C)C(=O)O)ccc1F. The third-order valence-corrected chi connectivity index (χ3v) is 2.64. The predicted molar refractivity (Wildman–Crippen MR) is 77.4 cm³/mol. The van der Waals surface area contributed by atoms with Crippen molar-refractivity contribution in [3.8, 4) is 5.75 Å². The van der Waals surface area contributed by atoms with Crippen LogP contribution in [0.3, 0.4) is 0 Å². The number of hydrogen-bond donors (Lipinski definition) is 2. The molecule has 0 unspecified atom stereocenters. The van der Waals surface area contributed by atoms with Crippen LogP contribution in [-0.2, 0) is 16.0 Å². The predicted octanol–water partition coefficient (Wildman–Crippen LogP) is 2.35. The van der Waals surface area contributed by atoms with Crippen molar-refractivity contribution < 1.29 is 28.6 Å². The van der Waals surface area contributed by atoms with Crippen LogP contribution >= 0.6 is 0 Å². The molecule has 1 aromatic rings. The third-order valence-electron chi connectivity index (χ3n) is 2.64. The van der Waals surface area contributed by atoms with Gasteiger partial charge >= 0.3 is 12.1 Å². The molecule has 1 rings (SSSR count). The molecule has 22 heavy (non-hydrogen) atoms. The van der Waals surface area contributed by atoms with Crippen LogP contribution in [0.5, 0.6) is 5.75 Å². The summed E-state index contributed by atoms with van der Waals surface area (Å²) in [6, 6.07) is 2.82. The fourth-order valence-corrected chi connectivity index (χ4v) is 1.72. The summed E-state index contributed by atoms with van der Waals surface area (Å²) in [7, 11) is 1.32. The highest BCUT2D eigenvalue weighted by atomic mass is 19.1. The molecule has 122 valence electrons. The maximum Gasteiger partial charge on any atom is 0.408 e. The fraction of sp³-hybridized carbons (Fsp3) is 0.467. The van der Waals surface area contributed by atoms with Gasteiger partial charge in [-0.1, -0.05) is 6.07 Å². The van der Waals surface area contributed by atoms with Crippen LogP contribution in [0, 0.1) is 5.82 Å². The van der Waals surface area contributed by atoms with Gasteiger partial charge in [0.15, 0.2) is 11.6 Å². The molecular formula is C15H20FNO5. The van der Waals surface area contributed by atoms with Crippen LogP contribution in [0.25, 0.3) is 0 Å². The van der Waals surface area contributed by atoms with Crippen molar-refractivity contribution in [2.75, 3.05) is 7.11 Å². The van der Waals surface area contributed by atoms with E-state index in [2.05, 4.69) is 5.32 Å². The quantitative estimate of drug-likeness (QED) is 0.871. The topological polar surface area (TPSA) is 84.9 Å². The molecule has 0 heterocycles. The van der Waals surface area contributed by atoms with Crippen molar-refractivity contribution in [3.05, 3.63) is 29.6 Å². The Balaban J connectivity index is 2.81. The van der Waals surface area contributed by atoms with Crippen LogP contribution < -0.4 is 10.1 Å². The molecule has 1 aromatic carbocycles. The first-order chi connectivity index (χ1) is 10.1. The summed E-state index contributed by atoms with van der Waals surface area (Å²) in [5.74, 6) is -1.74. The number of amides is 1. The number of carbonyl (C=O) groups excluding carboxylic acids is 1. The van der Waals surface area contributed by atoms with E-state index in [9.17, 15) is 19.1 Å². The Bertz CT molecular complexity index is 553. The van der Waals surface area contributed by atoms with Crippen molar-refractivity contribution in [2.24, 2.45) is 0 Å². The molecule has 0 aliphatic carbocycles. The molecule has 0 aliphatic heterocycles. The smallest absolute Gasteiger partial charge is 0.408 e. The van der Waals surface area contributed by atoms with Gasteiger partial charge in [0.25, 0.3) is 0 Å². The minimum Gasteiger partial charge on any atom is -0.494 e. The molecule has 6 nitrogen and oxygen atoms in total. The van der Waals surface area contributed by atoms with E-state index in [1.165, 1.54) is 25.3 Å². The first-order valence-corrected chi connectivity index (χ1v) is 6.67. The molecule has 1 atom stereocenters. The van der Waals surface area contributed by atoms with Gasteiger partial charge in [0.1, 0.15) is 11.6 Å². The second kappa shape index (κ2) is 7.11. The van der Waals surface area contributed by atoms with E-state index in [1.54, 1.807) is 20.8 Å². The summed E-state index contributed by atoms with van der Waals surface area (Å²) in [5.41, 5.74) is -0.214. The van der Waals surface area contributed by atoms with E-state index < -0.39 is 29.5 Å². The Morgan fingerprint density at radius 3 is 2.50 bits per heavy atom. The summed E-state index contributed by atoms with van der Waals surface area (Å²) in [6.07, 6.45) is -0.848. The molecule has 0 bridgehead atoms. The van der Waals surface area contributed by atoms with E-state index in [1.807, 2.05) is 0 Å². The molecule has 0 saturated carbocycles. The molecule has 0 saturated heterocycles. The van der Waals surface area contributed by atoms with Gasteiger partial charge in [-0.2, -0.15) is 0 Å². The normalized spacial score (nSPS) is 12.4. The number of rotatable bonds is 5. The third kappa shape index (κ3) is 5.59. The van der Waals surface area contributed by atoms with E-state index >= 15 is 0 Å². The number of carboxylic acids is 1. The summed E-state index contributed by atoms with van der Waals surface area (Å²) in [5, 5.41) is 11.5. The van der Waals surface area contributed by atoms with Gasteiger partial charge in [-0.25, -0.2) is 14.0 Å². The number of carbonyl (C=O) groups is 2. The average molecular weight is 313 g/mol. The molecular weight excluding hydrogens is 293 g/mol. The van der Waals surface area contributed by atoms with Gasteiger partial charge in [-0.3, -0.25) is 0 Å². The Kier molecular flexibility index (Phi) is 5.73. The molecule has 0 aromatic heterocycles. The minimum absolute atomic E-state index is 0.0129. The van der Waals surface area contributed by atoms with Crippen molar-refractivity contribution in [3.63, 3.8) is 0 Å². The first kappa shape index (κ1) is 17.7. The van der Waals surface area contributed by atoms with E-state index in [0.29, 0.717) is 5.56 Å². The van der Waals surface area contributed by atoms with E-state index in [-0.39, 0.29) is 12.2 Å². The molecule has 7 heteroatoms. The molecule has 2 N–H and O–H groups in total. The maximum atomic E-state index is 13.3. The summed E-state index contributed by atoms with van der Waals surface area (Å²) in [6.45, 7) is 5.02. The number of alkyl carbamates (subject to hydrolysis) is 1. The molecule has 1 amide bonds. The number of nitrogens with one attached hydrogen (secondary N) is 1. The van der Waals surface area contributed by atoms with Gasteiger partial charge in [0.2, 0.25) is 0 Å². The lowest BCUT2D eigenvalue weighted by Gasteiger charge is -2.22. The summed E-state index contributed by atoms with van der Waals surface area (Å²) < 4.78 is 23.2. The Labute approximate surface area is 128 Å². The molecule has 0 radical (unpaired) electrons. The lowest BCUT2D eigenvalue weighted by Crippen LogP contribution is -2.44. The number of ether oxygens (including phenoxy) is 2. The highest BCUT2D eigenvalue weighted by molar-refractivity contribution is 5.80. The molecule has 0 fully saturated rings.